The summed E-state index contributed by atoms with van der Waals surface area (Å²) in [4.78, 5) is 40.1. The second-order valence-electron chi connectivity index (χ2n) is 7.05. The third kappa shape index (κ3) is 5.67. The van der Waals surface area contributed by atoms with E-state index in [4.69, 9.17) is 4.74 Å². The van der Waals surface area contributed by atoms with Crippen LogP contribution in [0.15, 0.2) is 47.8 Å². The predicted octanol–water partition coefficient (Wildman–Crippen LogP) is 3.41. The smallest absolute Gasteiger partial charge is 0.308 e. The van der Waals surface area contributed by atoms with E-state index < -0.39 is 6.04 Å². The number of carbonyl (C=O) groups is 3. The molecule has 0 radical (unpaired) electrons. The molecule has 1 N–H and O–H groups in total. The van der Waals surface area contributed by atoms with Crippen molar-refractivity contribution in [3.8, 4) is 0 Å². The van der Waals surface area contributed by atoms with Crippen LogP contribution in [0.25, 0.3) is 0 Å². The van der Waals surface area contributed by atoms with Gasteiger partial charge in [0.25, 0.3) is 5.91 Å². The van der Waals surface area contributed by atoms with Gasteiger partial charge in [0.1, 0.15) is 0 Å². The van der Waals surface area contributed by atoms with Crippen molar-refractivity contribution in [2.45, 2.75) is 32.2 Å². The molecule has 3 rings (SSSR count). The highest BCUT2D eigenvalue weighted by Crippen LogP contribution is 2.23. The maximum atomic E-state index is 13.0. The minimum absolute atomic E-state index is 0.0244. The Kier molecular flexibility index (Phi) is 7.41. The summed E-state index contributed by atoms with van der Waals surface area (Å²) in [6.07, 6.45) is 1.58. The van der Waals surface area contributed by atoms with E-state index in [0.29, 0.717) is 24.6 Å². The highest BCUT2D eigenvalue weighted by molar-refractivity contribution is 7.12. The molecule has 2 unspecified atom stereocenters. The van der Waals surface area contributed by atoms with Crippen LogP contribution in [0.4, 0.5) is 0 Å². The van der Waals surface area contributed by atoms with Crippen molar-refractivity contribution >= 4 is 29.1 Å². The Bertz CT molecular complexity index is 823. The Labute approximate surface area is 174 Å². The van der Waals surface area contributed by atoms with Crippen LogP contribution in [-0.2, 0) is 14.3 Å². The van der Waals surface area contributed by atoms with E-state index in [1.807, 2.05) is 47.8 Å². The van der Waals surface area contributed by atoms with Crippen LogP contribution in [0.3, 0.4) is 0 Å². The van der Waals surface area contributed by atoms with Crippen molar-refractivity contribution in [1.29, 1.82) is 0 Å². The lowest BCUT2D eigenvalue weighted by atomic mass is 9.95. The maximum Gasteiger partial charge on any atom is 0.308 e. The number of carbonyl (C=O) groups excluding carboxylic acids is 3. The van der Waals surface area contributed by atoms with Crippen molar-refractivity contribution in [3.63, 3.8) is 0 Å². The molecule has 1 saturated heterocycles. The van der Waals surface area contributed by atoms with Crippen molar-refractivity contribution < 1.29 is 19.1 Å². The monoisotopic (exact) mass is 414 g/mol. The zero-order valence-electron chi connectivity index (χ0n) is 16.5. The highest BCUT2D eigenvalue weighted by Gasteiger charge is 2.31. The molecule has 0 saturated carbocycles. The van der Waals surface area contributed by atoms with E-state index in [2.05, 4.69) is 5.32 Å². The Morgan fingerprint density at radius 1 is 1.21 bits per heavy atom. The minimum atomic E-state index is -0.453. The van der Waals surface area contributed by atoms with Gasteiger partial charge in [-0.1, -0.05) is 36.4 Å². The van der Waals surface area contributed by atoms with Crippen molar-refractivity contribution in [2.24, 2.45) is 5.92 Å². The van der Waals surface area contributed by atoms with E-state index in [-0.39, 0.29) is 30.1 Å². The molecule has 1 fully saturated rings. The van der Waals surface area contributed by atoms with Crippen LogP contribution in [0, 0.1) is 5.92 Å². The molecule has 0 aliphatic carbocycles. The summed E-state index contributed by atoms with van der Waals surface area (Å²) in [5, 5.41) is 4.89. The Morgan fingerprint density at radius 2 is 2.00 bits per heavy atom. The van der Waals surface area contributed by atoms with Gasteiger partial charge in [-0.2, -0.15) is 0 Å². The zero-order chi connectivity index (χ0) is 20.6. The molecular formula is C22H26N2O4S. The number of nitrogens with one attached hydrogen (secondary N) is 1. The third-order valence-corrected chi connectivity index (χ3v) is 5.86. The number of nitrogens with zero attached hydrogens (tertiary/aromatic N) is 1. The molecule has 2 aromatic rings. The molecule has 2 amide bonds. The number of hydrogen-bond acceptors (Lipinski definition) is 5. The first-order valence-electron chi connectivity index (χ1n) is 9.92. The quantitative estimate of drug-likeness (QED) is 0.705. The Morgan fingerprint density at radius 3 is 2.69 bits per heavy atom. The fraction of sp³-hybridized carbons (Fsp3) is 0.409. The van der Waals surface area contributed by atoms with Crippen LogP contribution in [0.5, 0.6) is 0 Å². The van der Waals surface area contributed by atoms with E-state index in [0.717, 1.165) is 18.4 Å². The van der Waals surface area contributed by atoms with Gasteiger partial charge in [-0.3, -0.25) is 14.4 Å². The lowest BCUT2D eigenvalue weighted by molar-refractivity contribution is -0.144. The van der Waals surface area contributed by atoms with E-state index in [1.54, 1.807) is 11.8 Å². The topological polar surface area (TPSA) is 75.7 Å². The fourth-order valence-corrected chi connectivity index (χ4v) is 4.24. The van der Waals surface area contributed by atoms with Gasteiger partial charge in [-0.25, -0.2) is 0 Å². The van der Waals surface area contributed by atoms with Crippen LogP contribution in [0.2, 0.25) is 0 Å². The lowest BCUT2D eigenvalue weighted by Crippen LogP contribution is -2.46. The number of ether oxygens (including phenoxy) is 1. The number of thiophene rings is 1. The second-order valence-corrected chi connectivity index (χ2v) is 8.00. The van der Waals surface area contributed by atoms with E-state index in [1.165, 1.54) is 11.3 Å². The van der Waals surface area contributed by atoms with Crippen LogP contribution < -0.4 is 5.32 Å². The SMILES string of the molecule is CCOC(=O)CC(NC(=O)C1CCCN(C(=O)c2cccs2)C1)c1ccccc1. The molecule has 29 heavy (non-hydrogen) atoms. The fourth-order valence-electron chi connectivity index (χ4n) is 3.55. The van der Waals surface area contributed by atoms with Crippen molar-refractivity contribution in [2.75, 3.05) is 19.7 Å². The van der Waals surface area contributed by atoms with Crippen LogP contribution in [-0.4, -0.2) is 42.4 Å². The highest BCUT2D eigenvalue weighted by atomic mass is 32.1. The Hall–Kier alpha value is -2.67. The van der Waals surface area contributed by atoms with Gasteiger partial charge in [0.15, 0.2) is 0 Å². The molecule has 1 aliphatic heterocycles. The molecule has 1 aliphatic rings. The summed E-state index contributed by atoms with van der Waals surface area (Å²) in [7, 11) is 0. The summed E-state index contributed by atoms with van der Waals surface area (Å²) in [6.45, 7) is 3.11. The van der Waals surface area contributed by atoms with Crippen molar-refractivity contribution in [3.05, 3.63) is 58.3 Å². The zero-order valence-corrected chi connectivity index (χ0v) is 17.3. The van der Waals surface area contributed by atoms with Gasteiger partial charge in [-0.05, 0) is 36.8 Å². The Balaban J connectivity index is 1.66. The molecule has 1 aromatic heterocycles. The summed E-state index contributed by atoms with van der Waals surface area (Å²) in [6, 6.07) is 12.6. The lowest BCUT2D eigenvalue weighted by Gasteiger charge is -2.32. The molecule has 0 bridgehead atoms. The van der Waals surface area contributed by atoms with Crippen molar-refractivity contribution in [1.82, 2.24) is 10.2 Å². The molecule has 2 atom stereocenters. The summed E-state index contributed by atoms with van der Waals surface area (Å²) >= 11 is 1.41. The van der Waals surface area contributed by atoms with Gasteiger partial charge in [0, 0.05) is 13.1 Å². The second kappa shape index (κ2) is 10.2. The van der Waals surface area contributed by atoms with Gasteiger partial charge >= 0.3 is 5.97 Å². The minimum Gasteiger partial charge on any atom is -0.466 e. The molecule has 154 valence electrons. The first-order valence-corrected chi connectivity index (χ1v) is 10.8. The molecule has 0 spiro atoms. The van der Waals surface area contributed by atoms with Gasteiger partial charge in [0.2, 0.25) is 5.91 Å². The van der Waals surface area contributed by atoms with E-state index in [9.17, 15) is 14.4 Å². The molecular weight excluding hydrogens is 388 g/mol. The number of hydrogen-bond donors (Lipinski definition) is 1. The normalized spacial score (nSPS) is 17.4. The third-order valence-electron chi connectivity index (χ3n) is 5.01. The molecule has 1 aromatic carbocycles. The van der Waals surface area contributed by atoms with Crippen LogP contribution >= 0.6 is 11.3 Å². The van der Waals surface area contributed by atoms with Gasteiger partial charge < -0.3 is 15.0 Å². The number of rotatable bonds is 7. The largest absolute Gasteiger partial charge is 0.466 e. The van der Waals surface area contributed by atoms with E-state index >= 15 is 0 Å². The number of benzene rings is 1. The molecule has 2 heterocycles. The predicted molar refractivity (Wildman–Crippen MR) is 112 cm³/mol. The summed E-state index contributed by atoms with van der Waals surface area (Å²) < 4.78 is 5.07. The number of likely N-dealkylation sites (tertiary alicyclic amines) is 1. The maximum absolute atomic E-state index is 13.0. The average Bonchev–Trinajstić information content (AvgIpc) is 3.28. The standard InChI is InChI=1S/C22H26N2O4S/c1-2-28-20(25)14-18(16-8-4-3-5-9-16)23-21(26)17-10-6-12-24(15-17)22(27)19-11-7-13-29-19/h3-5,7-9,11,13,17-18H,2,6,10,12,14-15H2,1H3,(H,23,26). The van der Waals surface area contributed by atoms with Crippen LogP contribution in [0.1, 0.15) is 47.5 Å². The number of piperidine rings is 1. The summed E-state index contributed by atoms with van der Waals surface area (Å²) in [5.41, 5.74) is 0.858. The first-order chi connectivity index (χ1) is 14.1. The number of esters is 1. The molecule has 6 nitrogen and oxygen atoms in total. The summed E-state index contributed by atoms with van der Waals surface area (Å²) in [5.74, 6) is -0.795. The van der Waals surface area contributed by atoms with Gasteiger partial charge in [0.05, 0.1) is 29.9 Å². The first kappa shape index (κ1) is 21.0. The number of amides is 2. The average molecular weight is 415 g/mol. The van der Waals surface area contributed by atoms with Gasteiger partial charge in [-0.15, -0.1) is 11.3 Å². The molecule has 7 heteroatoms.